The number of hydrogen-bond acceptors (Lipinski definition) is 4. The molecule has 0 atom stereocenters. The zero-order valence-corrected chi connectivity index (χ0v) is 21.0. The molecule has 0 saturated carbocycles. The van der Waals surface area contributed by atoms with Crippen LogP contribution in [0.25, 0.3) is 39.2 Å². The van der Waals surface area contributed by atoms with Crippen molar-refractivity contribution in [3.8, 4) is 22.3 Å². The van der Waals surface area contributed by atoms with Gasteiger partial charge >= 0.3 is 5.97 Å². The first-order valence-corrected chi connectivity index (χ1v) is 12.4. The number of carbonyl (C=O) groups excluding carboxylic acids is 2. The third-order valence-electron chi connectivity index (χ3n) is 6.84. The smallest absolute Gasteiger partial charge is 0.335 e. The monoisotopic (exact) mass is 510 g/mol. The topological polar surface area (TPSA) is 87.6 Å². The lowest BCUT2D eigenvalue weighted by Gasteiger charge is -2.17. The maximum atomic E-state index is 13.3. The molecule has 188 valence electrons. The van der Waals surface area contributed by atoms with E-state index in [1.54, 1.807) is 42.5 Å². The number of carboxylic acid groups (broad SMARTS) is 1. The SMILES string of the molecule is CC(=O)N1/C(=C\c2cc(-c3ccccc3-c3ccccc3)c3cc(C(=O)O)ccc3n2)C(=O)c2ccccc21. The number of hydrogen-bond donors (Lipinski definition) is 1. The van der Waals surface area contributed by atoms with Gasteiger partial charge in [0.2, 0.25) is 11.7 Å². The summed E-state index contributed by atoms with van der Waals surface area (Å²) in [6, 6.07) is 31.5. The summed E-state index contributed by atoms with van der Waals surface area (Å²) in [4.78, 5) is 43.9. The minimum absolute atomic E-state index is 0.151. The predicted octanol–water partition coefficient (Wildman–Crippen LogP) is 6.86. The van der Waals surface area contributed by atoms with E-state index >= 15 is 0 Å². The standard InChI is InChI=1S/C33H22N2O4/c1-20(36)35-30-14-8-7-13-26(30)32(37)31(35)19-23-18-27(28-17-22(33(38)39)15-16-29(28)34-23)25-12-6-5-11-24(25)21-9-3-2-4-10-21/h2-19H,1H3,(H,38,39)/b31-19-. The summed E-state index contributed by atoms with van der Waals surface area (Å²) >= 11 is 0. The van der Waals surface area contributed by atoms with Crippen molar-refractivity contribution >= 4 is 40.3 Å². The van der Waals surface area contributed by atoms with Crippen LogP contribution < -0.4 is 4.90 Å². The number of amides is 1. The van der Waals surface area contributed by atoms with E-state index in [2.05, 4.69) is 0 Å². The third kappa shape index (κ3) is 4.18. The van der Waals surface area contributed by atoms with Crippen molar-refractivity contribution in [3.63, 3.8) is 0 Å². The Bertz CT molecular complexity index is 1840. The lowest BCUT2D eigenvalue weighted by Crippen LogP contribution is -2.25. The molecule has 0 radical (unpaired) electrons. The molecule has 1 aliphatic heterocycles. The van der Waals surface area contributed by atoms with Crippen LogP contribution in [0.2, 0.25) is 0 Å². The molecule has 6 nitrogen and oxygen atoms in total. The van der Waals surface area contributed by atoms with E-state index in [9.17, 15) is 19.5 Å². The first-order chi connectivity index (χ1) is 18.9. The highest BCUT2D eigenvalue weighted by atomic mass is 16.4. The average Bonchev–Trinajstić information content (AvgIpc) is 3.24. The molecule has 4 aromatic carbocycles. The number of Topliss-reactive ketones (excluding diaryl/α,β-unsaturated/α-hetero) is 1. The molecule has 5 aromatic rings. The normalized spacial score (nSPS) is 13.6. The average molecular weight is 511 g/mol. The van der Waals surface area contributed by atoms with Crippen LogP contribution in [0.4, 0.5) is 5.69 Å². The number of aromatic carboxylic acids is 1. The van der Waals surface area contributed by atoms with Crippen LogP contribution in [0.5, 0.6) is 0 Å². The van der Waals surface area contributed by atoms with Crippen molar-refractivity contribution in [2.24, 2.45) is 0 Å². The van der Waals surface area contributed by atoms with Crippen molar-refractivity contribution in [2.75, 3.05) is 4.90 Å². The molecule has 1 aliphatic rings. The van der Waals surface area contributed by atoms with Gasteiger partial charge in [0, 0.05) is 17.9 Å². The Morgan fingerprint density at radius 2 is 1.44 bits per heavy atom. The van der Waals surface area contributed by atoms with Gasteiger partial charge in [-0.05, 0) is 64.7 Å². The molecular weight excluding hydrogens is 488 g/mol. The van der Waals surface area contributed by atoms with E-state index < -0.39 is 5.97 Å². The van der Waals surface area contributed by atoms with Crippen LogP contribution in [0.3, 0.4) is 0 Å². The van der Waals surface area contributed by atoms with Crippen LogP contribution in [0, 0.1) is 0 Å². The Kier molecular flexibility index (Phi) is 5.85. The molecule has 6 rings (SSSR count). The van der Waals surface area contributed by atoms with E-state index in [4.69, 9.17) is 4.98 Å². The maximum Gasteiger partial charge on any atom is 0.335 e. The van der Waals surface area contributed by atoms with Crippen molar-refractivity contribution in [1.29, 1.82) is 0 Å². The molecular formula is C33H22N2O4. The summed E-state index contributed by atoms with van der Waals surface area (Å²) in [5.74, 6) is -1.56. The van der Waals surface area contributed by atoms with Gasteiger partial charge in [-0.1, -0.05) is 66.7 Å². The lowest BCUT2D eigenvalue weighted by atomic mass is 9.91. The van der Waals surface area contributed by atoms with Crippen molar-refractivity contribution in [3.05, 3.63) is 126 Å². The number of nitrogens with zero attached hydrogens (tertiary/aromatic N) is 2. The van der Waals surface area contributed by atoms with Crippen LogP contribution >= 0.6 is 0 Å². The van der Waals surface area contributed by atoms with Crippen LogP contribution in [-0.2, 0) is 4.79 Å². The summed E-state index contributed by atoms with van der Waals surface area (Å²) in [5, 5.41) is 10.3. The number of ketones is 1. The van der Waals surface area contributed by atoms with Gasteiger partial charge in [0.05, 0.1) is 28.2 Å². The largest absolute Gasteiger partial charge is 0.478 e. The number of fused-ring (bicyclic) bond motifs is 2. The molecule has 0 fully saturated rings. The fraction of sp³-hybridized carbons (Fsp3) is 0.0303. The van der Waals surface area contributed by atoms with Crippen molar-refractivity contribution in [2.45, 2.75) is 6.92 Å². The summed E-state index contributed by atoms with van der Waals surface area (Å²) < 4.78 is 0. The van der Waals surface area contributed by atoms with Crippen LogP contribution in [0.15, 0.2) is 109 Å². The molecule has 1 aromatic heterocycles. The summed E-state index contributed by atoms with van der Waals surface area (Å²) in [5.41, 5.74) is 6.07. The molecule has 6 heteroatoms. The van der Waals surface area contributed by atoms with E-state index in [0.29, 0.717) is 27.8 Å². The number of benzene rings is 4. The molecule has 0 spiro atoms. The van der Waals surface area contributed by atoms with Gasteiger partial charge in [-0.3, -0.25) is 14.5 Å². The molecule has 0 saturated heterocycles. The molecule has 0 aliphatic carbocycles. The van der Waals surface area contributed by atoms with Crippen LogP contribution in [-0.4, -0.2) is 27.8 Å². The van der Waals surface area contributed by atoms with E-state index in [0.717, 1.165) is 22.3 Å². The van der Waals surface area contributed by atoms with Gasteiger partial charge in [-0.2, -0.15) is 0 Å². The summed E-state index contributed by atoms with van der Waals surface area (Å²) in [6.45, 7) is 1.42. The Morgan fingerprint density at radius 1 is 0.769 bits per heavy atom. The molecule has 0 unspecified atom stereocenters. The highest BCUT2D eigenvalue weighted by molar-refractivity contribution is 6.26. The first-order valence-electron chi connectivity index (χ1n) is 12.4. The Morgan fingerprint density at radius 3 is 2.15 bits per heavy atom. The first kappa shape index (κ1) is 24.0. The molecule has 39 heavy (non-hydrogen) atoms. The highest BCUT2D eigenvalue weighted by Crippen LogP contribution is 2.39. The van der Waals surface area contributed by atoms with Crippen molar-refractivity contribution in [1.82, 2.24) is 4.98 Å². The predicted molar refractivity (Wildman–Crippen MR) is 151 cm³/mol. The minimum Gasteiger partial charge on any atom is -0.478 e. The quantitative estimate of drug-likeness (QED) is 0.267. The lowest BCUT2D eigenvalue weighted by molar-refractivity contribution is -0.116. The van der Waals surface area contributed by atoms with Gasteiger partial charge in [-0.15, -0.1) is 0 Å². The minimum atomic E-state index is -1.03. The van der Waals surface area contributed by atoms with Gasteiger partial charge in [-0.25, -0.2) is 9.78 Å². The zero-order valence-electron chi connectivity index (χ0n) is 21.0. The number of pyridine rings is 1. The number of allylic oxidation sites excluding steroid dienone is 1. The van der Waals surface area contributed by atoms with Crippen molar-refractivity contribution < 1.29 is 19.5 Å². The fourth-order valence-corrected chi connectivity index (χ4v) is 5.10. The fourth-order valence-electron chi connectivity index (χ4n) is 5.10. The second-order valence-corrected chi connectivity index (χ2v) is 9.27. The summed E-state index contributed by atoms with van der Waals surface area (Å²) in [6.07, 6.45) is 1.63. The molecule has 2 heterocycles. The molecule has 1 N–H and O–H groups in total. The molecule has 1 amide bonds. The number of rotatable bonds is 4. The second kappa shape index (κ2) is 9.50. The number of carboxylic acids is 1. The Balaban J connectivity index is 1.61. The van der Waals surface area contributed by atoms with Gasteiger partial charge in [0.25, 0.3) is 0 Å². The van der Waals surface area contributed by atoms with Gasteiger partial charge in [0.15, 0.2) is 0 Å². The van der Waals surface area contributed by atoms with E-state index in [1.807, 2.05) is 60.7 Å². The number of aromatic nitrogens is 1. The second-order valence-electron chi connectivity index (χ2n) is 9.27. The Labute approximate surface area is 224 Å². The zero-order chi connectivity index (χ0) is 27.1. The van der Waals surface area contributed by atoms with Gasteiger partial charge < -0.3 is 5.11 Å². The van der Waals surface area contributed by atoms with E-state index in [-0.39, 0.29) is 23.0 Å². The van der Waals surface area contributed by atoms with Gasteiger partial charge in [0.1, 0.15) is 0 Å². The number of para-hydroxylation sites is 1. The van der Waals surface area contributed by atoms with E-state index in [1.165, 1.54) is 17.9 Å². The Hall–Kier alpha value is -5.36. The highest BCUT2D eigenvalue weighted by Gasteiger charge is 2.34. The molecule has 0 bridgehead atoms. The number of anilines is 1. The van der Waals surface area contributed by atoms with Crippen LogP contribution in [0.1, 0.15) is 33.3 Å². The third-order valence-corrected chi connectivity index (χ3v) is 6.84. The number of carbonyl (C=O) groups is 3. The summed E-state index contributed by atoms with van der Waals surface area (Å²) in [7, 11) is 0. The maximum absolute atomic E-state index is 13.3.